The quantitative estimate of drug-likeness (QED) is 0.197. The second-order valence-electron chi connectivity index (χ2n) is 8.49. The number of rotatable bonds is 8. The molecule has 2 unspecified atom stereocenters. The van der Waals surface area contributed by atoms with Crippen LogP contribution < -0.4 is 14.4 Å². The fourth-order valence-electron chi connectivity index (χ4n) is 4.76. The molecule has 0 saturated carbocycles. The van der Waals surface area contributed by atoms with Gasteiger partial charge in [0.05, 0.1) is 35.3 Å². The van der Waals surface area contributed by atoms with E-state index in [4.69, 9.17) is 9.47 Å². The van der Waals surface area contributed by atoms with Crippen LogP contribution in [0.2, 0.25) is 0 Å². The normalized spacial score (nSPS) is 18.5. The number of amides is 3. The molecule has 10 heteroatoms. The second-order valence-corrected chi connectivity index (χ2v) is 8.49. The number of non-ortho nitro benzene ring substituents is 1. The number of nitro benzene ring substituents is 1. The Morgan fingerprint density at radius 3 is 1.89 bits per heavy atom. The number of nitro groups is 1. The number of anilines is 1. The lowest BCUT2D eigenvalue weighted by Gasteiger charge is -2.49. The predicted octanol–water partition coefficient (Wildman–Crippen LogP) is 4.14. The van der Waals surface area contributed by atoms with Gasteiger partial charge < -0.3 is 14.4 Å². The van der Waals surface area contributed by atoms with Crippen molar-refractivity contribution in [2.24, 2.45) is 0 Å². The summed E-state index contributed by atoms with van der Waals surface area (Å²) in [6.07, 6.45) is 0. The third-order valence-corrected chi connectivity index (χ3v) is 6.42. The molecule has 3 aromatic carbocycles. The molecule has 37 heavy (non-hydrogen) atoms. The summed E-state index contributed by atoms with van der Waals surface area (Å²) < 4.78 is 11.0. The van der Waals surface area contributed by atoms with Crippen molar-refractivity contribution in [3.63, 3.8) is 0 Å². The van der Waals surface area contributed by atoms with Gasteiger partial charge in [0.1, 0.15) is 17.5 Å². The molecular formula is C27H23N3O7. The molecular weight excluding hydrogens is 478 g/mol. The van der Waals surface area contributed by atoms with Gasteiger partial charge in [0, 0.05) is 17.8 Å². The maximum Gasteiger partial charge on any atom is 0.270 e. The molecule has 0 spiro atoms. The number of hydrogen-bond donors (Lipinski definition) is 0. The van der Waals surface area contributed by atoms with Crippen molar-refractivity contribution >= 4 is 29.1 Å². The number of carbonyl (C=O) groups excluding carboxylic acids is 3. The summed E-state index contributed by atoms with van der Waals surface area (Å²) >= 11 is 0. The van der Waals surface area contributed by atoms with E-state index in [1.165, 1.54) is 17.0 Å². The van der Waals surface area contributed by atoms with Gasteiger partial charge in [0.2, 0.25) is 0 Å². The minimum absolute atomic E-state index is 0.0355. The number of hydrogen-bond acceptors (Lipinski definition) is 7. The first-order valence-electron chi connectivity index (χ1n) is 11.8. The first-order valence-corrected chi connectivity index (χ1v) is 11.8. The fourth-order valence-corrected chi connectivity index (χ4v) is 4.76. The molecule has 0 aliphatic carbocycles. The van der Waals surface area contributed by atoms with E-state index in [-0.39, 0.29) is 16.8 Å². The average molecular weight is 501 g/mol. The van der Waals surface area contributed by atoms with Crippen molar-refractivity contribution in [1.82, 2.24) is 4.90 Å². The molecule has 5 rings (SSSR count). The van der Waals surface area contributed by atoms with Crippen LogP contribution in [0.25, 0.3) is 0 Å². The van der Waals surface area contributed by atoms with E-state index >= 15 is 0 Å². The third kappa shape index (κ3) is 3.96. The molecule has 2 atom stereocenters. The molecule has 2 aliphatic heterocycles. The largest absolute Gasteiger partial charge is 0.494 e. The number of fused-ring (bicyclic) bond motifs is 1. The van der Waals surface area contributed by atoms with Crippen molar-refractivity contribution in [2.75, 3.05) is 18.1 Å². The molecule has 0 N–H and O–H groups in total. The lowest BCUT2D eigenvalue weighted by molar-refractivity contribution is -0.384. The van der Waals surface area contributed by atoms with Crippen LogP contribution >= 0.6 is 0 Å². The molecule has 0 bridgehead atoms. The van der Waals surface area contributed by atoms with Gasteiger partial charge in [-0.2, -0.15) is 0 Å². The van der Waals surface area contributed by atoms with E-state index in [1.807, 2.05) is 13.8 Å². The van der Waals surface area contributed by atoms with Crippen LogP contribution in [0, 0.1) is 10.1 Å². The highest BCUT2D eigenvalue weighted by Crippen LogP contribution is 2.45. The van der Waals surface area contributed by atoms with E-state index in [1.54, 1.807) is 48.5 Å². The summed E-state index contributed by atoms with van der Waals surface area (Å²) in [4.78, 5) is 53.2. The highest BCUT2D eigenvalue weighted by Gasteiger charge is 2.57. The molecule has 1 saturated heterocycles. The lowest BCUT2D eigenvalue weighted by Crippen LogP contribution is -2.67. The molecule has 3 aromatic rings. The van der Waals surface area contributed by atoms with Crippen LogP contribution in [0.15, 0.2) is 66.7 Å². The number of benzene rings is 3. The van der Waals surface area contributed by atoms with Crippen molar-refractivity contribution in [3.8, 4) is 11.5 Å². The van der Waals surface area contributed by atoms with Crippen molar-refractivity contribution in [3.05, 3.63) is 93.5 Å². The SMILES string of the molecule is CCOc1ccc(C2C(N3C(=O)c4ccc([N+](=O)[O-])cc4C3=O)C(=O)N2c2ccc(OCC)cc2)cc1. The van der Waals surface area contributed by atoms with Gasteiger partial charge in [-0.3, -0.25) is 29.4 Å². The van der Waals surface area contributed by atoms with Crippen LogP contribution in [-0.4, -0.2) is 46.8 Å². The molecule has 3 amide bonds. The highest BCUT2D eigenvalue weighted by atomic mass is 16.6. The Balaban J connectivity index is 1.53. The zero-order valence-electron chi connectivity index (χ0n) is 20.1. The average Bonchev–Trinajstić information content (AvgIpc) is 3.14. The Hall–Kier alpha value is -4.73. The molecule has 2 heterocycles. The zero-order valence-corrected chi connectivity index (χ0v) is 20.1. The Kier molecular flexibility index (Phi) is 6.08. The second kappa shape index (κ2) is 9.38. The summed E-state index contributed by atoms with van der Waals surface area (Å²) in [5.74, 6) is -0.531. The Bertz CT molecular complexity index is 1400. The third-order valence-electron chi connectivity index (χ3n) is 6.42. The molecule has 2 aliphatic rings. The summed E-state index contributed by atoms with van der Waals surface area (Å²) in [7, 11) is 0. The van der Waals surface area contributed by atoms with Crippen molar-refractivity contribution in [2.45, 2.75) is 25.9 Å². The minimum Gasteiger partial charge on any atom is -0.494 e. The summed E-state index contributed by atoms with van der Waals surface area (Å²) in [6.45, 7) is 4.73. The Labute approximate surface area is 212 Å². The van der Waals surface area contributed by atoms with Crippen LogP contribution in [0.3, 0.4) is 0 Å². The van der Waals surface area contributed by atoms with E-state index in [0.29, 0.717) is 36.0 Å². The monoisotopic (exact) mass is 501 g/mol. The van der Waals surface area contributed by atoms with Gasteiger partial charge >= 0.3 is 0 Å². The molecule has 0 aromatic heterocycles. The van der Waals surface area contributed by atoms with E-state index in [9.17, 15) is 24.5 Å². The van der Waals surface area contributed by atoms with Gasteiger partial charge in [-0.15, -0.1) is 0 Å². The molecule has 10 nitrogen and oxygen atoms in total. The standard InChI is InChI=1S/C27H23N3O7/c1-3-36-19-10-5-16(6-11-19)23-24(27(33)28(23)17-7-12-20(13-8-17)37-4-2)29-25(31)21-14-9-18(30(34)35)15-22(21)26(29)32/h5-15,23-24H,3-4H2,1-2H3. The van der Waals surface area contributed by atoms with Crippen LogP contribution in [0.4, 0.5) is 11.4 Å². The van der Waals surface area contributed by atoms with E-state index < -0.39 is 34.7 Å². The zero-order chi connectivity index (χ0) is 26.3. The first-order chi connectivity index (χ1) is 17.8. The van der Waals surface area contributed by atoms with Crippen LogP contribution in [0.1, 0.15) is 46.2 Å². The van der Waals surface area contributed by atoms with E-state index in [2.05, 4.69) is 0 Å². The van der Waals surface area contributed by atoms with Crippen molar-refractivity contribution < 1.29 is 28.8 Å². The number of imide groups is 1. The predicted molar refractivity (Wildman–Crippen MR) is 133 cm³/mol. The highest BCUT2D eigenvalue weighted by molar-refractivity contribution is 6.25. The first kappa shape index (κ1) is 24.0. The Morgan fingerprint density at radius 1 is 0.757 bits per heavy atom. The number of β-lactam (4-membered cyclic amide) rings is 1. The number of carbonyl (C=O) groups is 3. The van der Waals surface area contributed by atoms with Crippen LogP contribution in [0.5, 0.6) is 11.5 Å². The lowest BCUT2D eigenvalue weighted by atomic mass is 9.86. The van der Waals surface area contributed by atoms with Crippen LogP contribution in [-0.2, 0) is 4.79 Å². The van der Waals surface area contributed by atoms with Gasteiger partial charge in [-0.05, 0) is 61.9 Å². The Morgan fingerprint density at radius 2 is 1.32 bits per heavy atom. The molecule has 1 fully saturated rings. The minimum atomic E-state index is -1.11. The van der Waals surface area contributed by atoms with Gasteiger partial charge in [-0.25, -0.2) is 0 Å². The van der Waals surface area contributed by atoms with Gasteiger partial charge in [0.25, 0.3) is 23.4 Å². The smallest absolute Gasteiger partial charge is 0.270 e. The topological polar surface area (TPSA) is 119 Å². The van der Waals surface area contributed by atoms with Gasteiger partial charge in [-0.1, -0.05) is 12.1 Å². The number of ether oxygens (including phenoxy) is 2. The van der Waals surface area contributed by atoms with E-state index in [0.717, 1.165) is 11.0 Å². The van der Waals surface area contributed by atoms with Crippen molar-refractivity contribution in [1.29, 1.82) is 0 Å². The van der Waals surface area contributed by atoms with Gasteiger partial charge in [0.15, 0.2) is 0 Å². The molecule has 188 valence electrons. The summed E-state index contributed by atoms with van der Waals surface area (Å²) in [5.41, 5.74) is 0.923. The molecule has 0 radical (unpaired) electrons. The maximum atomic E-state index is 13.5. The fraction of sp³-hybridized carbons (Fsp3) is 0.222. The summed E-state index contributed by atoms with van der Waals surface area (Å²) in [5, 5.41) is 11.2. The number of nitrogens with zero attached hydrogens (tertiary/aromatic N) is 3. The summed E-state index contributed by atoms with van der Waals surface area (Å²) in [6, 6.07) is 15.8. The maximum absolute atomic E-state index is 13.5.